The van der Waals surface area contributed by atoms with Crippen LogP contribution in [-0.4, -0.2) is 54.2 Å². The van der Waals surface area contributed by atoms with E-state index in [0.29, 0.717) is 10.7 Å². The first kappa shape index (κ1) is 15.1. The largest absolute Gasteiger partial charge is 0.465 e. The Morgan fingerprint density at radius 2 is 2.00 bits per heavy atom. The van der Waals surface area contributed by atoms with Crippen LogP contribution in [0.2, 0.25) is 5.02 Å². The minimum atomic E-state index is -1.07. The summed E-state index contributed by atoms with van der Waals surface area (Å²) in [7, 11) is 2.12. The Labute approximate surface area is 124 Å². The van der Waals surface area contributed by atoms with E-state index in [-0.39, 0.29) is 0 Å². The van der Waals surface area contributed by atoms with Crippen LogP contribution in [0.15, 0.2) is 12.1 Å². The molecule has 1 aromatic rings. The summed E-state index contributed by atoms with van der Waals surface area (Å²) in [5.41, 5.74) is 2.62. The number of hydrogen-bond acceptors (Lipinski definition) is 3. The number of anilines is 1. The predicted molar refractivity (Wildman–Crippen MR) is 80.6 cm³/mol. The summed E-state index contributed by atoms with van der Waals surface area (Å²) in [5.74, 6) is 0. The number of benzene rings is 1. The molecule has 0 aliphatic carbocycles. The highest BCUT2D eigenvalue weighted by molar-refractivity contribution is 6.31. The van der Waals surface area contributed by atoms with Gasteiger partial charge in [0.2, 0.25) is 0 Å². The quantitative estimate of drug-likeness (QED) is 0.900. The van der Waals surface area contributed by atoms with E-state index in [9.17, 15) is 4.79 Å². The summed E-state index contributed by atoms with van der Waals surface area (Å²) in [4.78, 5) is 15.4. The summed E-state index contributed by atoms with van der Waals surface area (Å²) < 4.78 is 0. The summed E-state index contributed by atoms with van der Waals surface area (Å²) in [6, 6.07) is 3.52. The highest BCUT2D eigenvalue weighted by atomic mass is 35.5. The van der Waals surface area contributed by atoms with E-state index < -0.39 is 6.09 Å². The molecule has 5 nitrogen and oxygen atoms in total. The van der Waals surface area contributed by atoms with Crippen LogP contribution in [0.1, 0.15) is 11.1 Å². The molecule has 1 aromatic carbocycles. The molecule has 1 aliphatic rings. The molecule has 1 aliphatic heterocycles. The summed E-state index contributed by atoms with van der Waals surface area (Å²) in [6.45, 7) is 6.92. The first-order valence-electron chi connectivity index (χ1n) is 6.65. The topological polar surface area (TPSA) is 55.8 Å². The number of nitrogens with one attached hydrogen (secondary N) is 1. The zero-order valence-corrected chi connectivity index (χ0v) is 12.6. The molecule has 1 saturated heterocycles. The minimum Gasteiger partial charge on any atom is -0.465 e. The Bertz CT molecular complexity index is 499. The summed E-state index contributed by atoms with van der Waals surface area (Å²) >= 11 is 6.18. The van der Waals surface area contributed by atoms with Gasteiger partial charge in [-0.25, -0.2) is 4.79 Å². The Hall–Kier alpha value is -1.30. The fourth-order valence-corrected chi connectivity index (χ4v) is 2.58. The molecule has 6 heteroatoms. The molecular weight excluding hydrogens is 278 g/mol. The molecule has 0 unspecified atom stereocenters. The minimum absolute atomic E-state index is 0.525. The number of halogens is 1. The highest BCUT2D eigenvalue weighted by Gasteiger charge is 2.16. The fraction of sp³-hybridized carbons (Fsp3) is 0.500. The molecule has 0 bridgehead atoms. The number of piperazine rings is 1. The summed E-state index contributed by atoms with van der Waals surface area (Å²) in [5, 5.41) is 11.8. The van der Waals surface area contributed by atoms with Gasteiger partial charge in [-0.05, 0) is 37.2 Å². The molecule has 0 atom stereocenters. The Morgan fingerprint density at radius 3 is 2.60 bits per heavy atom. The first-order chi connectivity index (χ1) is 9.45. The molecule has 110 valence electrons. The smallest absolute Gasteiger partial charge is 0.409 e. The van der Waals surface area contributed by atoms with Crippen molar-refractivity contribution in [3.63, 3.8) is 0 Å². The van der Waals surface area contributed by atoms with Crippen molar-refractivity contribution >= 4 is 23.4 Å². The van der Waals surface area contributed by atoms with Crippen LogP contribution in [0.3, 0.4) is 0 Å². The SMILES string of the molecule is Cc1c(Cl)cc(NC(=O)O)cc1CN1CCN(C)CC1. The van der Waals surface area contributed by atoms with Crippen LogP contribution in [0.25, 0.3) is 0 Å². The second-order valence-electron chi connectivity index (χ2n) is 5.25. The van der Waals surface area contributed by atoms with E-state index in [0.717, 1.165) is 43.9 Å². The van der Waals surface area contributed by atoms with E-state index in [1.165, 1.54) is 0 Å². The molecule has 0 saturated carbocycles. The number of amides is 1. The highest BCUT2D eigenvalue weighted by Crippen LogP contribution is 2.26. The van der Waals surface area contributed by atoms with Gasteiger partial charge in [0.15, 0.2) is 0 Å². The maximum Gasteiger partial charge on any atom is 0.409 e. The zero-order valence-electron chi connectivity index (χ0n) is 11.8. The van der Waals surface area contributed by atoms with Gasteiger partial charge in [0, 0.05) is 43.4 Å². The Kier molecular flexibility index (Phi) is 4.86. The lowest BCUT2D eigenvalue weighted by Gasteiger charge is -2.32. The molecule has 0 spiro atoms. The van der Waals surface area contributed by atoms with Crippen LogP contribution in [0.5, 0.6) is 0 Å². The number of hydrogen-bond donors (Lipinski definition) is 2. The third-order valence-corrected chi connectivity index (χ3v) is 4.09. The van der Waals surface area contributed by atoms with Crippen molar-refractivity contribution in [1.82, 2.24) is 9.80 Å². The standard InChI is InChI=1S/C14H20ClN3O2/c1-10-11(9-18-5-3-17(2)4-6-18)7-12(8-13(10)15)16-14(19)20/h7-8,16H,3-6,9H2,1-2H3,(H,19,20). The Morgan fingerprint density at radius 1 is 1.35 bits per heavy atom. The first-order valence-corrected chi connectivity index (χ1v) is 7.03. The molecule has 2 rings (SSSR count). The molecule has 1 fully saturated rings. The van der Waals surface area contributed by atoms with Gasteiger partial charge in [0.25, 0.3) is 0 Å². The fourth-order valence-electron chi connectivity index (χ4n) is 2.34. The lowest BCUT2D eigenvalue weighted by Crippen LogP contribution is -2.44. The number of nitrogens with zero attached hydrogens (tertiary/aromatic N) is 2. The lowest BCUT2D eigenvalue weighted by atomic mass is 10.1. The maximum absolute atomic E-state index is 10.7. The van der Waals surface area contributed by atoms with E-state index in [1.54, 1.807) is 6.07 Å². The molecular formula is C14H20ClN3O2. The van der Waals surface area contributed by atoms with Gasteiger partial charge in [0.05, 0.1) is 0 Å². The molecule has 1 heterocycles. The van der Waals surface area contributed by atoms with Gasteiger partial charge in [-0.15, -0.1) is 0 Å². The molecule has 2 N–H and O–H groups in total. The Balaban J connectivity index is 2.13. The van der Waals surface area contributed by atoms with E-state index in [4.69, 9.17) is 16.7 Å². The zero-order chi connectivity index (χ0) is 14.7. The van der Waals surface area contributed by atoms with Crippen LogP contribution in [-0.2, 0) is 6.54 Å². The predicted octanol–water partition coefficient (Wildman–Crippen LogP) is 2.49. The average Bonchev–Trinajstić information content (AvgIpc) is 2.37. The van der Waals surface area contributed by atoms with Crippen molar-refractivity contribution in [1.29, 1.82) is 0 Å². The lowest BCUT2D eigenvalue weighted by molar-refractivity contribution is 0.148. The van der Waals surface area contributed by atoms with Crippen LogP contribution in [0, 0.1) is 6.92 Å². The van der Waals surface area contributed by atoms with Crippen molar-refractivity contribution in [3.05, 3.63) is 28.3 Å². The van der Waals surface area contributed by atoms with Crippen molar-refractivity contribution < 1.29 is 9.90 Å². The second-order valence-corrected chi connectivity index (χ2v) is 5.66. The van der Waals surface area contributed by atoms with Crippen molar-refractivity contribution in [2.24, 2.45) is 0 Å². The van der Waals surface area contributed by atoms with Crippen molar-refractivity contribution in [2.75, 3.05) is 38.5 Å². The molecule has 1 amide bonds. The third kappa shape index (κ3) is 3.85. The van der Waals surface area contributed by atoms with Crippen LogP contribution >= 0.6 is 11.6 Å². The maximum atomic E-state index is 10.7. The number of carbonyl (C=O) groups is 1. The summed E-state index contributed by atoms with van der Waals surface area (Å²) in [6.07, 6.45) is -1.07. The van der Waals surface area contributed by atoms with Gasteiger partial charge in [-0.3, -0.25) is 10.2 Å². The van der Waals surface area contributed by atoms with Crippen LogP contribution < -0.4 is 5.32 Å². The number of likely N-dealkylation sites (N-methyl/N-ethyl adjacent to an activating group) is 1. The van der Waals surface area contributed by atoms with Crippen molar-refractivity contribution in [3.8, 4) is 0 Å². The number of carboxylic acid groups (broad SMARTS) is 1. The third-order valence-electron chi connectivity index (χ3n) is 3.69. The molecule has 20 heavy (non-hydrogen) atoms. The van der Waals surface area contributed by atoms with Crippen LogP contribution in [0.4, 0.5) is 10.5 Å². The van der Waals surface area contributed by atoms with Gasteiger partial charge >= 0.3 is 6.09 Å². The average molecular weight is 298 g/mol. The normalized spacial score (nSPS) is 17.1. The number of rotatable bonds is 3. The van der Waals surface area contributed by atoms with Gasteiger partial charge in [-0.2, -0.15) is 0 Å². The molecule has 0 aromatic heterocycles. The van der Waals surface area contributed by atoms with Gasteiger partial charge in [0.1, 0.15) is 0 Å². The monoisotopic (exact) mass is 297 g/mol. The van der Waals surface area contributed by atoms with Crippen molar-refractivity contribution in [2.45, 2.75) is 13.5 Å². The van der Waals surface area contributed by atoms with Gasteiger partial charge in [-0.1, -0.05) is 11.6 Å². The van der Waals surface area contributed by atoms with E-state index in [1.807, 2.05) is 13.0 Å². The second kappa shape index (κ2) is 6.43. The van der Waals surface area contributed by atoms with E-state index >= 15 is 0 Å². The van der Waals surface area contributed by atoms with Gasteiger partial charge < -0.3 is 10.0 Å². The van der Waals surface area contributed by atoms with E-state index in [2.05, 4.69) is 22.2 Å². The molecule has 0 radical (unpaired) electrons.